The third-order valence-corrected chi connectivity index (χ3v) is 7.79. The normalized spacial score (nSPS) is 12.9. The molecule has 37 heavy (non-hydrogen) atoms. The van der Waals surface area contributed by atoms with Crippen LogP contribution in [0.5, 0.6) is 0 Å². The minimum atomic E-state index is -1.78. The Morgan fingerprint density at radius 1 is 1.24 bits per heavy atom. The van der Waals surface area contributed by atoms with Gasteiger partial charge in [0.05, 0.1) is 29.1 Å². The van der Waals surface area contributed by atoms with E-state index in [1.807, 2.05) is 38.1 Å². The molecule has 0 aliphatic carbocycles. The van der Waals surface area contributed by atoms with Crippen LogP contribution in [0.1, 0.15) is 57.4 Å². The number of ether oxygens (including phenoxy) is 1. The lowest BCUT2D eigenvalue weighted by atomic mass is 10.00. The number of aliphatic carboxylic acids is 1. The van der Waals surface area contributed by atoms with Crippen LogP contribution in [0.25, 0.3) is 21.0 Å². The standard InChI is InChI=1S/C27H31N3O6S/c1-7-17-10-8-9-11-18(17)19(36-15(2)3)14-29-24-20(16(4)21(37-24)22-28-12-13-35-22)23(31)30(26(29)34)27(5,6)25(32)33/h8-13,15,19H,7,14H2,1-6H3,(H,32,33)/t19-/m0/s1. The summed E-state index contributed by atoms with van der Waals surface area (Å²) >= 11 is 1.22. The molecule has 10 heteroatoms. The average Bonchev–Trinajstić information content (AvgIpc) is 3.48. The van der Waals surface area contributed by atoms with Crippen molar-refractivity contribution in [2.45, 2.75) is 72.3 Å². The first-order chi connectivity index (χ1) is 17.5. The van der Waals surface area contributed by atoms with Gasteiger partial charge < -0.3 is 14.3 Å². The van der Waals surface area contributed by atoms with E-state index in [4.69, 9.17) is 9.15 Å². The third-order valence-electron chi connectivity index (χ3n) is 6.49. The molecule has 0 fully saturated rings. The zero-order chi connectivity index (χ0) is 27.1. The summed E-state index contributed by atoms with van der Waals surface area (Å²) in [6.07, 6.45) is 3.06. The number of carboxylic acid groups (broad SMARTS) is 1. The van der Waals surface area contributed by atoms with Crippen molar-refractivity contribution in [1.82, 2.24) is 14.1 Å². The molecule has 0 aliphatic rings. The topological polar surface area (TPSA) is 117 Å². The van der Waals surface area contributed by atoms with Gasteiger partial charge in [-0.1, -0.05) is 31.2 Å². The molecule has 0 amide bonds. The lowest BCUT2D eigenvalue weighted by Crippen LogP contribution is -2.52. The minimum Gasteiger partial charge on any atom is -0.480 e. The van der Waals surface area contributed by atoms with E-state index in [0.717, 1.165) is 22.1 Å². The highest BCUT2D eigenvalue weighted by molar-refractivity contribution is 7.22. The number of carbonyl (C=O) groups is 1. The smallest absolute Gasteiger partial charge is 0.333 e. The summed E-state index contributed by atoms with van der Waals surface area (Å²) in [6.45, 7) is 10.4. The monoisotopic (exact) mass is 525 g/mol. The summed E-state index contributed by atoms with van der Waals surface area (Å²) < 4.78 is 14.1. The molecular formula is C27H31N3O6S. The van der Waals surface area contributed by atoms with Gasteiger partial charge in [0, 0.05) is 0 Å². The number of benzene rings is 1. The Morgan fingerprint density at radius 2 is 1.95 bits per heavy atom. The van der Waals surface area contributed by atoms with Crippen LogP contribution in [-0.2, 0) is 28.0 Å². The van der Waals surface area contributed by atoms with E-state index < -0.39 is 28.9 Å². The van der Waals surface area contributed by atoms with Gasteiger partial charge in [0.25, 0.3) is 5.56 Å². The van der Waals surface area contributed by atoms with Gasteiger partial charge in [0.2, 0.25) is 5.89 Å². The van der Waals surface area contributed by atoms with Gasteiger partial charge in [0.1, 0.15) is 22.7 Å². The predicted octanol–water partition coefficient (Wildman–Crippen LogP) is 4.74. The molecule has 4 rings (SSSR count). The van der Waals surface area contributed by atoms with Gasteiger partial charge in [0.15, 0.2) is 0 Å². The SMILES string of the molecule is CCc1ccccc1[C@H](Cn1c(=O)n(C(C)(C)C(=O)O)c(=O)c2c(C)c(-c3ncco3)sc21)OC(C)C. The highest BCUT2D eigenvalue weighted by atomic mass is 32.1. The fraction of sp³-hybridized carbons (Fsp3) is 0.407. The molecule has 1 N–H and O–H groups in total. The molecule has 196 valence electrons. The first kappa shape index (κ1) is 26.6. The van der Waals surface area contributed by atoms with E-state index in [9.17, 15) is 19.5 Å². The Balaban J connectivity index is 2.06. The summed E-state index contributed by atoms with van der Waals surface area (Å²) in [6, 6.07) is 7.88. The largest absolute Gasteiger partial charge is 0.480 e. The summed E-state index contributed by atoms with van der Waals surface area (Å²) in [5.41, 5.74) is -0.555. The molecule has 0 radical (unpaired) electrons. The summed E-state index contributed by atoms with van der Waals surface area (Å²) in [5.74, 6) is -0.961. The van der Waals surface area contributed by atoms with Gasteiger partial charge in [-0.2, -0.15) is 0 Å². The van der Waals surface area contributed by atoms with E-state index in [1.165, 1.54) is 42.2 Å². The van der Waals surface area contributed by atoms with Crippen molar-refractivity contribution in [2.24, 2.45) is 0 Å². The predicted molar refractivity (Wildman–Crippen MR) is 142 cm³/mol. The Morgan fingerprint density at radius 3 is 2.54 bits per heavy atom. The zero-order valence-corrected chi connectivity index (χ0v) is 22.6. The molecule has 0 aliphatic heterocycles. The van der Waals surface area contributed by atoms with E-state index in [2.05, 4.69) is 11.9 Å². The number of rotatable bonds is 9. The summed E-state index contributed by atoms with van der Waals surface area (Å²) in [7, 11) is 0. The number of hydrogen-bond donors (Lipinski definition) is 1. The molecule has 0 spiro atoms. The van der Waals surface area contributed by atoms with Gasteiger partial charge in [-0.15, -0.1) is 11.3 Å². The van der Waals surface area contributed by atoms with Crippen LogP contribution in [0.4, 0.5) is 0 Å². The highest BCUT2D eigenvalue weighted by Crippen LogP contribution is 2.36. The van der Waals surface area contributed by atoms with E-state index in [1.54, 1.807) is 6.92 Å². The fourth-order valence-corrected chi connectivity index (χ4v) is 5.76. The molecule has 0 bridgehead atoms. The van der Waals surface area contributed by atoms with Crippen LogP contribution in [0.3, 0.4) is 0 Å². The lowest BCUT2D eigenvalue weighted by Gasteiger charge is -2.27. The Kier molecular flexibility index (Phi) is 7.25. The molecule has 3 heterocycles. The second-order valence-electron chi connectivity index (χ2n) is 9.70. The maximum absolute atomic E-state index is 13.9. The number of carboxylic acids is 1. The molecule has 3 aromatic heterocycles. The van der Waals surface area contributed by atoms with E-state index in [0.29, 0.717) is 21.2 Å². The lowest BCUT2D eigenvalue weighted by molar-refractivity contribution is -0.146. The second kappa shape index (κ2) is 10.1. The number of hydrogen-bond acceptors (Lipinski definition) is 7. The van der Waals surface area contributed by atoms with Crippen molar-refractivity contribution in [2.75, 3.05) is 0 Å². The molecule has 4 aromatic rings. The zero-order valence-electron chi connectivity index (χ0n) is 21.8. The molecule has 0 unspecified atom stereocenters. The maximum atomic E-state index is 13.9. The van der Waals surface area contributed by atoms with Crippen molar-refractivity contribution in [3.05, 3.63) is 74.3 Å². The number of aryl methyl sites for hydroxylation is 2. The number of oxazole rings is 1. The first-order valence-electron chi connectivity index (χ1n) is 12.1. The summed E-state index contributed by atoms with van der Waals surface area (Å²) in [5, 5.41) is 10.2. The van der Waals surface area contributed by atoms with Crippen LogP contribution in [0.2, 0.25) is 0 Å². The Bertz CT molecular complexity index is 1560. The molecule has 9 nitrogen and oxygen atoms in total. The number of fused-ring (bicyclic) bond motifs is 1. The van der Waals surface area contributed by atoms with Crippen molar-refractivity contribution < 1.29 is 19.1 Å². The highest BCUT2D eigenvalue weighted by Gasteiger charge is 2.36. The quantitative estimate of drug-likeness (QED) is 0.336. The van der Waals surface area contributed by atoms with Gasteiger partial charge in [-0.25, -0.2) is 19.1 Å². The second-order valence-corrected chi connectivity index (χ2v) is 10.7. The molecule has 0 saturated carbocycles. The first-order valence-corrected chi connectivity index (χ1v) is 13.0. The Labute approximate surface area is 218 Å². The van der Waals surface area contributed by atoms with Crippen LogP contribution in [0, 0.1) is 6.92 Å². The average molecular weight is 526 g/mol. The van der Waals surface area contributed by atoms with Crippen LogP contribution >= 0.6 is 11.3 Å². The van der Waals surface area contributed by atoms with Crippen molar-refractivity contribution in [3.63, 3.8) is 0 Å². The third kappa shape index (κ3) is 4.67. The van der Waals surface area contributed by atoms with Crippen LogP contribution < -0.4 is 11.2 Å². The van der Waals surface area contributed by atoms with Crippen LogP contribution in [-0.4, -0.2) is 31.3 Å². The minimum absolute atomic E-state index is 0.0888. The fourth-order valence-electron chi connectivity index (χ4n) is 4.51. The molecule has 1 aromatic carbocycles. The van der Waals surface area contributed by atoms with Crippen molar-refractivity contribution >= 4 is 27.5 Å². The maximum Gasteiger partial charge on any atom is 0.333 e. The van der Waals surface area contributed by atoms with Crippen molar-refractivity contribution in [3.8, 4) is 10.8 Å². The van der Waals surface area contributed by atoms with E-state index in [-0.39, 0.29) is 18.0 Å². The number of thiophene rings is 1. The van der Waals surface area contributed by atoms with Crippen molar-refractivity contribution in [1.29, 1.82) is 0 Å². The van der Waals surface area contributed by atoms with E-state index >= 15 is 0 Å². The Hall–Kier alpha value is -3.50. The molecule has 1 atom stereocenters. The number of aromatic nitrogens is 3. The van der Waals surface area contributed by atoms with Crippen LogP contribution in [0.15, 0.2) is 50.7 Å². The van der Waals surface area contributed by atoms with Gasteiger partial charge >= 0.3 is 11.7 Å². The molecule has 0 saturated heterocycles. The summed E-state index contributed by atoms with van der Waals surface area (Å²) in [4.78, 5) is 45.1. The van der Waals surface area contributed by atoms with Gasteiger partial charge in [-0.3, -0.25) is 9.36 Å². The molecular weight excluding hydrogens is 494 g/mol. The number of nitrogens with zero attached hydrogens (tertiary/aromatic N) is 3. The van der Waals surface area contributed by atoms with Gasteiger partial charge in [-0.05, 0) is 57.7 Å².